The first-order chi connectivity index (χ1) is 17.3. The molecule has 1 aromatic carbocycles. The average molecular weight is 494 g/mol. The molecule has 5 fully saturated rings. The van der Waals surface area contributed by atoms with E-state index in [1.807, 2.05) is 12.1 Å². The number of amides is 2. The van der Waals surface area contributed by atoms with Crippen molar-refractivity contribution in [1.29, 1.82) is 0 Å². The van der Waals surface area contributed by atoms with E-state index in [-0.39, 0.29) is 18.0 Å². The Balaban J connectivity index is 1.11. The molecule has 2 N–H and O–H groups in total. The fourth-order valence-electron chi connectivity index (χ4n) is 8.28. The van der Waals surface area contributed by atoms with Gasteiger partial charge in [-0.15, -0.1) is 0 Å². The fraction of sp³-hybridized carbons (Fsp3) is 0.679. The molecule has 2 aromatic rings. The van der Waals surface area contributed by atoms with Crippen molar-refractivity contribution in [3.8, 4) is 0 Å². The van der Waals surface area contributed by atoms with Gasteiger partial charge in [-0.1, -0.05) is 12.1 Å². The SMILES string of the molecule is CN(CCCNC12CC3CC(CC(C3)C1)C2)Cc1cccc2c1n(C)c(=O)n2C1CCC(=O)NC1=O. The molecule has 1 aliphatic heterocycles. The van der Waals surface area contributed by atoms with E-state index in [1.54, 1.807) is 16.2 Å². The first-order valence-electron chi connectivity index (χ1n) is 13.8. The average Bonchev–Trinajstić information content (AvgIpc) is 3.07. The van der Waals surface area contributed by atoms with Crippen molar-refractivity contribution in [2.75, 3.05) is 20.1 Å². The van der Waals surface area contributed by atoms with Crippen LogP contribution in [-0.2, 0) is 23.2 Å². The van der Waals surface area contributed by atoms with E-state index in [0.717, 1.165) is 60.4 Å². The minimum atomic E-state index is -0.650. The van der Waals surface area contributed by atoms with E-state index in [2.05, 4.69) is 28.6 Å². The third-order valence-corrected chi connectivity index (χ3v) is 9.40. The Labute approximate surface area is 212 Å². The van der Waals surface area contributed by atoms with Crippen LogP contribution in [0, 0.1) is 17.8 Å². The molecule has 4 bridgehead atoms. The number of hydrogen-bond acceptors (Lipinski definition) is 5. The Morgan fingerprint density at radius 1 is 1.08 bits per heavy atom. The molecule has 36 heavy (non-hydrogen) atoms. The molecule has 1 unspecified atom stereocenters. The largest absolute Gasteiger partial charge is 0.329 e. The molecule has 7 rings (SSSR count). The second-order valence-electron chi connectivity index (χ2n) is 12.2. The van der Waals surface area contributed by atoms with E-state index in [1.165, 1.54) is 38.5 Å². The predicted molar refractivity (Wildman–Crippen MR) is 138 cm³/mol. The van der Waals surface area contributed by atoms with Crippen LogP contribution in [0.3, 0.4) is 0 Å². The van der Waals surface area contributed by atoms with Gasteiger partial charge in [-0.05, 0) is 101 Å². The Morgan fingerprint density at radius 3 is 2.44 bits per heavy atom. The van der Waals surface area contributed by atoms with Gasteiger partial charge in [-0.3, -0.25) is 24.0 Å². The number of imidazole rings is 1. The zero-order chi connectivity index (χ0) is 25.0. The van der Waals surface area contributed by atoms with Gasteiger partial charge in [0.15, 0.2) is 0 Å². The van der Waals surface area contributed by atoms with Crippen LogP contribution in [-0.4, -0.2) is 51.5 Å². The highest BCUT2D eigenvalue weighted by molar-refractivity contribution is 6.00. The monoisotopic (exact) mass is 493 g/mol. The Hall–Kier alpha value is -2.45. The summed E-state index contributed by atoms with van der Waals surface area (Å²) in [6.07, 6.45) is 10.3. The summed E-state index contributed by atoms with van der Waals surface area (Å²) in [5.41, 5.74) is 2.90. The molecule has 0 spiro atoms. The Kier molecular flexibility index (Phi) is 6.07. The number of nitrogens with zero attached hydrogens (tertiary/aromatic N) is 3. The van der Waals surface area contributed by atoms with Crippen LogP contribution in [0.4, 0.5) is 0 Å². The summed E-state index contributed by atoms with van der Waals surface area (Å²) in [4.78, 5) is 39.6. The minimum absolute atomic E-state index is 0.214. The molecular formula is C28H39N5O3. The van der Waals surface area contributed by atoms with Crippen molar-refractivity contribution in [3.63, 3.8) is 0 Å². The van der Waals surface area contributed by atoms with Crippen molar-refractivity contribution >= 4 is 22.8 Å². The summed E-state index contributed by atoms with van der Waals surface area (Å²) in [7, 11) is 3.91. The number of fused-ring (bicyclic) bond motifs is 1. The van der Waals surface area contributed by atoms with Crippen LogP contribution in [0.25, 0.3) is 11.0 Å². The lowest BCUT2D eigenvalue weighted by molar-refractivity contribution is -0.135. The molecule has 5 aliphatic rings. The van der Waals surface area contributed by atoms with Crippen LogP contribution in [0.2, 0.25) is 0 Å². The van der Waals surface area contributed by atoms with Crippen molar-refractivity contribution < 1.29 is 9.59 Å². The summed E-state index contributed by atoms with van der Waals surface area (Å²) in [6, 6.07) is 5.28. The molecule has 4 saturated carbocycles. The molecule has 1 aromatic heterocycles. The quantitative estimate of drug-likeness (QED) is 0.436. The first kappa shape index (κ1) is 23.9. The Bertz CT molecular complexity index is 1210. The molecule has 8 nitrogen and oxygen atoms in total. The second-order valence-corrected chi connectivity index (χ2v) is 12.2. The maximum Gasteiger partial charge on any atom is 0.329 e. The third-order valence-electron chi connectivity index (χ3n) is 9.40. The normalized spacial score (nSPS) is 31.5. The highest BCUT2D eigenvalue weighted by Gasteiger charge is 2.50. The summed E-state index contributed by atoms with van der Waals surface area (Å²) < 4.78 is 3.22. The summed E-state index contributed by atoms with van der Waals surface area (Å²) in [6.45, 7) is 2.78. The van der Waals surface area contributed by atoms with Gasteiger partial charge in [0, 0.05) is 25.6 Å². The summed E-state index contributed by atoms with van der Waals surface area (Å²) >= 11 is 0. The molecule has 2 amide bonds. The second kappa shape index (κ2) is 9.14. The van der Waals surface area contributed by atoms with Gasteiger partial charge in [-0.2, -0.15) is 0 Å². The number of benzene rings is 1. The number of aromatic nitrogens is 2. The third kappa shape index (κ3) is 4.22. The lowest BCUT2D eigenvalue weighted by atomic mass is 9.53. The fourth-order valence-corrected chi connectivity index (χ4v) is 8.28. The van der Waals surface area contributed by atoms with E-state index in [0.29, 0.717) is 12.0 Å². The van der Waals surface area contributed by atoms with E-state index >= 15 is 0 Å². The van der Waals surface area contributed by atoms with Crippen molar-refractivity contribution in [2.24, 2.45) is 24.8 Å². The predicted octanol–water partition coefficient (Wildman–Crippen LogP) is 2.70. The maximum atomic E-state index is 13.2. The lowest BCUT2D eigenvalue weighted by Gasteiger charge is -2.57. The van der Waals surface area contributed by atoms with Crippen LogP contribution in [0.5, 0.6) is 0 Å². The number of rotatable bonds is 8. The number of aryl methyl sites for hydroxylation is 1. The van der Waals surface area contributed by atoms with E-state index in [9.17, 15) is 14.4 Å². The number of imide groups is 1. The highest BCUT2D eigenvalue weighted by Crippen LogP contribution is 2.55. The first-order valence-corrected chi connectivity index (χ1v) is 13.8. The molecule has 2 heterocycles. The van der Waals surface area contributed by atoms with Gasteiger partial charge < -0.3 is 10.2 Å². The van der Waals surface area contributed by atoms with Gasteiger partial charge in [0.1, 0.15) is 6.04 Å². The molecule has 0 radical (unpaired) electrons. The molecule has 4 aliphatic carbocycles. The van der Waals surface area contributed by atoms with E-state index < -0.39 is 11.9 Å². The van der Waals surface area contributed by atoms with Crippen molar-refractivity contribution in [2.45, 2.75) is 75.9 Å². The number of hydrogen-bond donors (Lipinski definition) is 2. The van der Waals surface area contributed by atoms with Gasteiger partial charge in [0.2, 0.25) is 11.8 Å². The molecule has 8 heteroatoms. The zero-order valence-corrected chi connectivity index (χ0v) is 21.6. The van der Waals surface area contributed by atoms with Gasteiger partial charge in [0.05, 0.1) is 11.0 Å². The molecule has 1 atom stereocenters. The number of carbonyl (C=O) groups is 2. The van der Waals surface area contributed by atoms with E-state index in [4.69, 9.17) is 0 Å². The van der Waals surface area contributed by atoms with Crippen molar-refractivity contribution in [3.05, 3.63) is 34.2 Å². The number of piperidine rings is 1. The van der Waals surface area contributed by atoms with Gasteiger partial charge >= 0.3 is 5.69 Å². The smallest absolute Gasteiger partial charge is 0.311 e. The number of carbonyl (C=O) groups excluding carboxylic acids is 2. The van der Waals surface area contributed by atoms with Crippen LogP contribution in [0.1, 0.15) is 69.4 Å². The zero-order valence-electron chi connectivity index (χ0n) is 21.6. The van der Waals surface area contributed by atoms with Crippen LogP contribution >= 0.6 is 0 Å². The van der Waals surface area contributed by atoms with Gasteiger partial charge in [-0.25, -0.2) is 4.79 Å². The minimum Gasteiger partial charge on any atom is -0.311 e. The van der Waals surface area contributed by atoms with Crippen LogP contribution < -0.4 is 16.3 Å². The standard InChI is InChI=1S/C28H39N5O3/c1-31(10-4-9-29-28-14-18-11-19(15-28)13-20(12-18)16-28)17-21-5-3-6-22-25(21)32(2)27(36)33(22)23-7-8-24(34)30-26(23)35/h3,5-6,18-20,23,29H,4,7-17H2,1-2H3,(H,30,34,35). The number of para-hydroxylation sites is 1. The molecule has 1 saturated heterocycles. The maximum absolute atomic E-state index is 13.2. The topological polar surface area (TPSA) is 88.4 Å². The van der Waals surface area contributed by atoms with Gasteiger partial charge in [0.25, 0.3) is 0 Å². The molecular weight excluding hydrogens is 454 g/mol. The highest BCUT2D eigenvalue weighted by atomic mass is 16.2. The molecule has 194 valence electrons. The summed E-state index contributed by atoms with van der Waals surface area (Å²) in [5.74, 6) is 2.22. The lowest BCUT2D eigenvalue weighted by Crippen LogP contribution is -2.58. The van der Waals surface area contributed by atoms with Crippen LogP contribution in [0.15, 0.2) is 23.0 Å². The van der Waals surface area contributed by atoms with Crippen molar-refractivity contribution in [1.82, 2.24) is 24.7 Å². The Morgan fingerprint density at radius 2 is 1.78 bits per heavy atom. The summed E-state index contributed by atoms with van der Waals surface area (Å²) in [5, 5.41) is 6.39. The number of nitrogens with one attached hydrogen (secondary N) is 2.